The average Bonchev–Trinajstić information content (AvgIpc) is 3.48. The van der Waals surface area contributed by atoms with Crippen LogP contribution in [0.4, 0.5) is 10.5 Å². The number of nitrogens with one attached hydrogen (secondary N) is 2. The van der Waals surface area contributed by atoms with Gasteiger partial charge in [-0.25, -0.2) is 9.59 Å². The van der Waals surface area contributed by atoms with Crippen LogP contribution in [0.25, 0.3) is 44.5 Å². The number of aldehydes is 1. The van der Waals surface area contributed by atoms with Crippen LogP contribution in [0.5, 0.6) is 5.75 Å². The highest BCUT2D eigenvalue weighted by atomic mass is 16.5. The molecule has 0 unspecified atom stereocenters. The second-order valence-electron chi connectivity index (χ2n) is 12.3. The first kappa shape index (κ1) is 34.7. The van der Waals surface area contributed by atoms with Crippen molar-refractivity contribution < 1.29 is 37.8 Å². The lowest BCUT2D eigenvalue weighted by Gasteiger charge is -2.18. The Morgan fingerprint density at radius 2 is 1.55 bits per heavy atom. The molecule has 7 rings (SSSR count). The second kappa shape index (κ2) is 15.2. The van der Waals surface area contributed by atoms with E-state index in [0.29, 0.717) is 45.4 Å². The van der Waals surface area contributed by atoms with E-state index < -0.39 is 18.0 Å². The zero-order chi connectivity index (χ0) is 36.9. The SMILES string of the molecule is CCOC(=O)c1cc(NC(=O)CCNC(=O)OCC2c3ccccc3-c3ccccc32)ccc1-c1c2ccc(=O)cc-2oc2cc(OCC=O)ccc12. The van der Waals surface area contributed by atoms with Crippen LogP contribution in [0.15, 0.2) is 112 Å². The first-order chi connectivity index (χ1) is 25.8. The van der Waals surface area contributed by atoms with Gasteiger partial charge in [0.2, 0.25) is 5.91 Å². The summed E-state index contributed by atoms with van der Waals surface area (Å²) in [4.78, 5) is 62.2. The van der Waals surface area contributed by atoms with Gasteiger partial charge in [-0.3, -0.25) is 14.4 Å². The molecule has 0 radical (unpaired) electrons. The number of hydrogen-bond acceptors (Lipinski definition) is 9. The molecule has 11 heteroatoms. The van der Waals surface area contributed by atoms with E-state index in [1.807, 2.05) is 36.4 Å². The van der Waals surface area contributed by atoms with Crippen LogP contribution in [0.1, 0.15) is 40.7 Å². The third-order valence-electron chi connectivity index (χ3n) is 9.02. The Morgan fingerprint density at radius 1 is 0.811 bits per heavy atom. The minimum Gasteiger partial charge on any atom is -0.486 e. The maximum Gasteiger partial charge on any atom is 0.407 e. The molecule has 0 aromatic heterocycles. The van der Waals surface area contributed by atoms with Crippen molar-refractivity contribution in [2.45, 2.75) is 19.3 Å². The zero-order valence-corrected chi connectivity index (χ0v) is 28.7. The molecule has 0 spiro atoms. The van der Waals surface area contributed by atoms with Gasteiger partial charge in [0.05, 0.1) is 12.2 Å². The van der Waals surface area contributed by atoms with E-state index in [1.165, 1.54) is 18.2 Å². The topological polar surface area (TPSA) is 150 Å². The number of hydrogen-bond donors (Lipinski definition) is 2. The molecule has 4 aromatic carbocycles. The first-order valence-corrected chi connectivity index (χ1v) is 17.1. The molecule has 3 aliphatic rings. The molecule has 0 saturated heterocycles. The normalized spacial score (nSPS) is 11.8. The van der Waals surface area contributed by atoms with Gasteiger partial charge in [-0.2, -0.15) is 0 Å². The Bertz CT molecular complexity index is 2350. The van der Waals surface area contributed by atoms with Crippen LogP contribution in [-0.4, -0.2) is 50.6 Å². The molecule has 2 aliphatic carbocycles. The molecule has 0 atom stereocenters. The average molecular weight is 711 g/mol. The van der Waals surface area contributed by atoms with Gasteiger partial charge in [-0.05, 0) is 71.1 Å². The van der Waals surface area contributed by atoms with Gasteiger partial charge < -0.3 is 29.3 Å². The number of alkyl carbamates (subject to hydrolysis) is 1. The second-order valence-corrected chi connectivity index (χ2v) is 12.3. The number of fused-ring (bicyclic) bond motifs is 5. The van der Waals surface area contributed by atoms with Gasteiger partial charge in [0.15, 0.2) is 11.7 Å². The summed E-state index contributed by atoms with van der Waals surface area (Å²) < 4.78 is 22.5. The molecule has 266 valence electrons. The maximum absolute atomic E-state index is 13.4. The van der Waals surface area contributed by atoms with E-state index in [-0.39, 0.29) is 55.5 Å². The fraction of sp³-hybridized carbons (Fsp3) is 0.167. The van der Waals surface area contributed by atoms with Gasteiger partial charge in [0.25, 0.3) is 0 Å². The van der Waals surface area contributed by atoms with Crippen molar-refractivity contribution in [2.75, 3.05) is 31.7 Å². The number of benzene rings is 5. The Labute approximate surface area is 303 Å². The molecule has 1 heterocycles. The van der Waals surface area contributed by atoms with E-state index in [0.717, 1.165) is 22.3 Å². The molecule has 53 heavy (non-hydrogen) atoms. The lowest BCUT2D eigenvalue weighted by Crippen LogP contribution is -2.29. The number of carbonyl (C=O) groups excluding carboxylic acids is 4. The third kappa shape index (κ3) is 7.22. The summed E-state index contributed by atoms with van der Waals surface area (Å²) in [5.74, 6) is -0.439. The van der Waals surface area contributed by atoms with Gasteiger partial charge in [0, 0.05) is 53.2 Å². The zero-order valence-electron chi connectivity index (χ0n) is 28.7. The summed E-state index contributed by atoms with van der Waals surface area (Å²) in [7, 11) is 0. The molecule has 2 amide bonds. The number of amides is 2. The predicted molar refractivity (Wildman–Crippen MR) is 198 cm³/mol. The predicted octanol–water partition coefficient (Wildman–Crippen LogP) is 7.19. The van der Waals surface area contributed by atoms with Crippen LogP contribution in [-0.2, 0) is 19.1 Å². The van der Waals surface area contributed by atoms with Crippen LogP contribution in [0.2, 0.25) is 0 Å². The molecule has 11 nitrogen and oxygen atoms in total. The summed E-state index contributed by atoms with van der Waals surface area (Å²) in [5.41, 5.74) is 6.70. The summed E-state index contributed by atoms with van der Waals surface area (Å²) >= 11 is 0. The van der Waals surface area contributed by atoms with E-state index in [2.05, 4.69) is 22.8 Å². The van der Waals surface area contributed by atoms with Crippen molar-refractivity contribution in [3.05, 3.63) is 130 Å². The van der Waals surface area contributed by atoms with Crippen LogP contribution in [0.3, 0.4) is 0 Å². The minimum absolute atomic E-state index is 0.0249. The molecule has 1 aliphatic heterocycles. The van der Waals surface area contributed by atoms with E-state index in [1.54, 1.807) is 43.3 Å². The first-order valence-electron chi connectivity index (χ1n) is 17.1. The lowest BCUT2D eigenvalue weighted by molar-refractivity contribution is -0.116. The Kier molecular flexibility index (Phi) is 9.97. The fourth-order valence-electron chi connectivity index (χ4n) is 6.73. The third-order valence-corrected chi connectivity index (χ3v) is 9.02. The van der Waals surface area contributed by atoms with Crippen LogP contribution in [0, 0.1) is 0 Å². The van der Waals surface area contributed by atoms with E-state index in [4.69, 9.17) is 18.6 Å². The number of rotatable bonds is 12. The molecule has 4 aromatic rings. The number of carbonyl (C=O) groups is 4. The molecule has 0 saturated carbocycles. The highest BCUT2D eigenvalue weighted by Gasteiger charge is 2.29. The number of ether oxygens (including phenoxy) is 3. The van der Waals surface area contributed by atoms with Crippen molar-refractivity contribution in [1.82, 2.24) is 5.32 Å². The maximum atomic E-state index is 13.4. The van der Waals surface area contributed by atoms with Gasteiger partial charge in [-0.1, -0.05) is 54.6 Å². The molecule has 0 bridgehead atoms. The van der Waals surface area contributed by atoms with Crippen molar-refractivity contribution in [2.24, 2.45) is 0 Å². The van der Waals surface area contributed by atoms with Crippen molar-refractivity contribution in [3.63, 3.8) is 0 Å². The standard InChI is InChI=1S/C42H34N2O9/c1-2-50-41(48)35-21-25(11-14-32(35)40-33-15-12-26(46)22-37(33)53-38-23-27(51-20-19-45)13-16-34(38)40)44-39(47)17-18-43-42(49)52-24-36-30-9-5-3-7-28(30)29-8-4-6-10-31(29)36/h3-16,19,21-23,36H,2,17-18,20,24H2,1H3,(H,43,49)(H,44,47). The molecular formula is C42H34N2O9. The van der Waals surface area contributed by atoms with E-state index in [9.17, 15) is 24.0 Å². The highest BCUT2D eigenvalue weighted by Crippen LogP contribution is 2.45. The van der Waals surface area contributed by atoms with Gasteiger partial charge in [0.1, 0.15) is 30.3 Å². The van der Waals surface area contributed by atoms with Gasteiger partial charge in [-0.15, -0.1) is 0 Å². The fourth-order valence-corrected chi connectivity index (χ4v) is 6.73. The monoisotopic (exact) mass is 710 g/mol. The minimum atomic E-state index is -0.630. The summed E-state index contributed by atoms with van der Waals surface area (Å²) in [6, 6.07) is 30.4. The number of anilines is 1. The van der Waals surface area contributed by atoms with Crippen molar-refractivity contribution in [1.29, 1.82) is 0 Å². The Morgan fingerprint density at radius 3 is 2.28 bits per heavy atom. The van der Waals surface area contributed by atoms with Crippen LogP contribution < -0.4 is 20.8 Å². The largest absolute Gasteiger partial charge is 0.486 e. The summed E-state index contributed by atoms with van der Waals surface area (Å²) in [6.45, 7) is 1.83. The van der Waals surface area contributed by atoms with Gasteiger partial charge >= 0.3 is 12.1 Å². The molecular weight excluding hydrogens is 676 g/mol. The quantitative estimate of drug-likeness (QED) is 0.0765. The molecule has 0 fully saturated rings. The van der Waals surface area contributed by atoms with Crippen LogP contribution >= 0.6 is 0 Å². The Hall–Kier alpha value is -6.75. The summed E-state index contributed by atoms with van der Waals surface area (Å²) in [5, 5.41) is 6.05. The number of esters is 1. The smallest absolute Gasteiger partial charge is 0.407 e. The van der Waals surface area contributed by atoms with E-state index >= 15 is 0 Å². The summed E-state index contributed by atoms with van der Waals surface area (Å²) in [6.07, 6.45) is -0.0549. The Balaban J connectivity index is 1.06. The van der Waals surface area contributed by atoms with Crippen molar-refractivity contribution >= 4 is 40.9 Å². The van der Waals surface area contributed by atoms with Crippen molar-refractivity contribution in [3.8, 4) is 39.3 Å². The highest BCUT2D eigenvalue weighted by molar-refractivity contribution is 6.09. The lowest BCUT2D eigenvalue weighted by atomic mass is 9.90. The molecule has 2 N–H and O–H groups in total.